The van der Waals surface area contributed by atoms with Crippen LogP contribution in [-0.2, 0) is 4.74 Å². The number of halogens is 1. The number of hydrogen-bond donors (Lipinski definition) is 1. The van der Waals surface area contributed by atoms with Crippen molar-refractivity contribution < 1.29 is 14.6 Å². The molecule has 1 N–H and O–H groups in total. The Morgan fingerprint density at radius 2 is 2.28 bits per heavy atom. The summed E-state index contributed by atoms with van der Waals surface area (Å²) in [5.74, 6) is -0.111. The predicted octanol–water partition coefficient (Wildman–Crippen LogP) is 2.41. The first-order valence-corrected chi connectivity index (χ1v) is 6.71. The molecule has 0 radical (unpaired) electrons. The summed E-state index contributed by atoms with van der Waals surface area (Å²) in [5, 5.41) is 9.78. The number of aromatic hydroxyl groups is 1. The van der Waals surface area contributed by atoms with Crippen molar-refractivity contribution in [2.75, 3.05) is 20.3 Å². The molecule has 98 valence electrons. The van der Waals surface area contributed by atoms with Crippen LogP contribution in [0, 0.1) is 0 Å². The topological polar surface area (TPSA) is 49.8 Å². The Morgan fingerprint density at radius 3 is 2.89 bits per heavy atom. The predicted molar refractivity (Wildman–Crippen MR) is 71.7 cm³/mol. The van der Waals surface area contributed by atoms with E-state index in [9.17, 15) is 9.90 Å². The number of benzene rings is 1. The van der Waals surface area contributed by atoms with Crippen LogP contribution in [0.25, 0.3) is 0 Å². The van der Waals surface area contributed by atoms with Crippen molar-refractivity contribution in [1.82, 2.24) is 4.90 Å². The fourth-order valence-corrected chi connectivity index (χ4v) is 2.22. The van der Waals surface area contributed by atoms with Crippen molar-refractivity contribution in [2.45, 2.75) is 18.9 Å². The largest absolute Gasteiger partial charge is 0.507 e. The normalized spacial score (nSPS) is 14.6. The zero-order valence-electron chi connectivity index (χ0n) is 10.2. The van der Waals surface area contributed by atoms with E-state index in [0.29, 0.717) is 24.8 Å². The molecule has 1 amide bonds. The molecule has 1 saturated carbocycles. The monoisotopic (exact) mass is 313 g/mol. The first-order valence-electron chi connectivity index (χ1n) is 5.92. The van der Waals surface area contributed by atoms with Gasteiger partial charge in [-0.2, -0.15) is 0 Å². The van der Waals surface area contributed by atoms with Gasteiger partial charge in [0.15, 0.2) is 0 Å². The average Bonchev–Trinajstić information content (AvgIpc) is 3.17. The van der Waals surface area contributed by atoms with Crippen LogP contribution in [0.15, 0.2) is 22.7 Å². The Bertz CT molecular complexity index is 446. The lowest BCUT2D eigenvalue weighted by atomic mass is 10.1. The van der Waals surface area contributed by atoms with Crippen LogP contribution in [0.1, 0.15) is 23.2 Å². The minimum absolute atomic E-state index is 0.0197. The van der Waals surface area contributed by atoms with Crippen LogP contribution < -0.4 is 0 Å². The van der Waals surface area contributed by atoms with Gasteiger partial charge in [0.1, 0.15) is 5.75 Å². The highest BCUT2D eigenvalue weighted by atomic mass is 79.9. The van der Waals surface area contributed by atoms with E-state index in [-0.39, 0.29) is 11.7 Å². The van der Waals surface area contributed by atoms with Crippen LogP contribution in [0.5, 0.6) is 5.75 Å². The lowest BCUT2D eigenvalue weighted by Crippen LogP contribution is -2.35. The van der Waals surface area contributed by atoms with Gasteiger partial charge in [0.2, 0.25) is 0 Å². The molecule has 0 aromatic heterocycles. The Morgan fingerprint density at radius 1 is 1.56 bits per heavy atom. The average molecular weight is 314 g/mol. The Hall–Kier alpha value is -1.07. The van der Waals surface area contributed by atoms with Gasteiger partial charge in [-0.25, -0.2) is 0 Å². The number of carbonyl (C=O) groups excluding carboxylic acids is 1. The summed E-state index contributed by atoms with van der Waals surface area (Å²) in [6.45, 7) is 1.07. The molecule has 1 aliphatic carbocycles. The number of phenols is 1. The summed E-state index contributed by atoms with van der Waals surface area (Å²) in [4.78, 5) is 14.2. The van der Waals surface area contributed by atoms with E-state index >= 15 is 0 Å². The molecular weight excluding hydrogens is 298 g/mol. The molecule has 1 aliphatic rings. The second kappa shape index (κ2) is 5.71. The standard InChI is InChI=1S/C13H16BrNO3/c1-18-7-6-15(10-3-4-10)13(17)11-8-9(14)2-5-12(11)16/h2,5,8,10,16H,3-4,6-7H2,1H3. The van der Waals surface area contributed by atoms with E-state index in [4.69, 9.17) is 4.74 Å². The first kappa shape index (κ1) is 13.4. The fourth-order valence-electron chi connectivity index (χ4n) is 1.86. The maximum Gasteiger partial charge on any atom is 0.257 e. The van der Waals surface area contributed by atoms with Crippen LogP contribution in [0.3, 0.4) is 0 Å². The number of hydrogen-bond acceptors (Lipinski definition) is 3. The van der Waals surface area contributed by atoms with Gasteiger partial charge in [-0.15, -0.1) is 0 Å². The summed E-state index contributed by atoms with van der Waals surface area (Å²) in [7, 11) is 1.62. The molecule has 18 heavy (non-hydrogen) atoms. The van der Waals surface area contributed by atoms with Gasteiger partial charge in [-0.1, -0.05) is 15.9 Å². The zero-order valence-corrected chi connectivity index (χ0v) is 11.8. The Labute approximate surface area is 115 Å². The molecule has 0 atom stereocenters. The number of methoxy groups -OCH3 is 1. The van der Waals surface area contributed by atoms with Gasteiger partial charge in [-0.3, -0.25) is 4.79 Å². The van der Waals surface area contributed by atoms with Gasteiger partial charge in [0.05, 0.1) is 12.2 Å². The highest BCUT2D eigenvalue weighted by Gasteiger charge is 2.33. The molecule has 1 aromatic carbocycles. The Kier molecular flexibility index (Phi) is 4.24. The van der Waals surface area contributed by atoms with E-state index in [1.807, 2.05) is 0 Å². The third kappa shape index (κ3) is 3.03. The maximum atomic E-state index is 12.4. The Balaban J connectivity index is 2.19. The quantitative estimate of drug-likeness (QED) is 0.908. The third-order valence-corrected chi connectivity index (χ3v) is 3.47. The smallest absolute Gasteiger partial charge is 0.257 e. The second-order valence-electron chi connectivity index (χ2n) is 4.38. The minimum atomic E-state index is -0.131. The molecule has 1 aromatic rings. The molecule has 0 unspecified atom stereocenters. The molecule has 0 heterocycles. The molecule has 0 saturated heterocycles. The van der Waals surface area contributed by atoms with E-state index in [2.05, 4.69) is 15.9 Å². The lowest BCUT2D eigenvalue weighted by Gasteiger charge is -2.22. The lowest BCUT2D eigenvalue weighted by molar-refractivity contribution is 0.0677. The van der Waals surface area contributed by atoms with E-state index in [1.54, 1.807) is 24.1 Å². The van der Waals surface area contributed by atoms with Crippen molar-refractivity contribution in [1.29, 1.82) is 0 Å². The number of phenolic OH excluding ortho intramolecular Hbond substituents is 1. The maximum absolute atomic E-state index is 12.4. The third-order valence-electron chi connectivity index (χ3n) is 2.97. The van der Waals surface area contributed by atoms with E-state index in [1.165, 1.54) is 6.07 Å². The van der Waals surface area contributed by atoms with Crippen molar-refractivity contribution in [3.63, 3.8) is 0 Å². The summed E-state index contributed by atoms with van der Waals surface area (Å²) in [6, 6.07) is 5.19. The van der Waals surface area contributed by atoms with E-state index < -0.39 is 0 Å². The van der Waals surface area contributed by atoms with E-state index in [0.717, 1.165) is 17.3 Å². The van der Waals surface area contributed by atoms with Crippen molar-refractivity contribution in [3.05, 3.63) is 28.2 Å². The number of carbonyl (C=O) groups is 1. The minimum Gasteiger partial charge on any atom is -0.507 e. The fraction of sp³-hybridized carbons (Fsp3) is 0.462. The van der Waals surface area contributed by atoms with Crippen molar-refractivity contribution in [2.24, 2.45) is 0 Å². The van der Waals surface area contributed by atoms with Gasteiger partial charge in [0.25, 0.3) is 5.91 Å². The summed E-state index contributed by atoms with van der Waals surface area (Å²) < 4.78 is 5.81. The molecule has 0 bridgehead atoms. The SMILES string of the molecule is COCCN(C(=O)c1cc(Br)ccc1O)C1CC1. The molecule has 5 heteroatoms. The second-order valence-corrected chi connectivity index (χ2v) is 5.30. The van der Waals surface area contributed by atoms with Crippen molar-refractivity contribution in [3.8, 4) is 5.75 Å². The summed E-state index contributed by atoms with van der Waals surface area (Å²) in [6.07, 6.45) is 2.06. The zero-order chi connectivity index (χ0) is 13.1. The van der Waals surface area contributed by atoms with Gasteiger partial charge in [0, 0.05) is 24.2 Å². The van der Waals surface area contributed by atoms with Gasteiger partial charge < -0.3 is 14.7 Å². The highest BCUT2D eigenvalue weighted by molar-refractivity contribution is 9.10. The van der Waals surface area contributed by atoms with Gasteiger partial charge >= 0.3 is 0 Å². The van der Waals surface area contributed by atoms with Crippen LogP contribution in [0.4, 0.5) is 0 Å². The van der Waals surface area contributed by atoms with Gasteiger partial charge in [-0.05, 0) is 31.0 Å². The highest BCUT2D eigenvalue weighted by Crippen LogP contribution is 2.30. The van der Waals surface area contributed by atoms with Crippen LogP contribution >= 0.6 is 15.9 Å². The summed E-state index contributed by atoms with van der Waals surface area (Å²) in [5.41, 5.74) is 0.340. The molecule has 0 spiro atoms. The molecule has 1 fully saturated rings. The molecule has 4 nitrogen and oxygen atoms in total. The van der Waals surface area contributed by atoms with Crippen molar-refractivity contribution >= 4 is 21.8 Å². The number of nitrogens with zero attached hydrogens (tertiary/aromatic N) is 1. The van der Waals surface area contributed by atoms with Crippen LogP contribution in [-0.4, -0.2) is 42.2 Å². The van der Waals surface area contributed by atoms with Crippen LogP contribution in [0.2, 0.25) is 0 Å². The molecule has 2 rings (SSSR count). The number of amides is 1. The molecule has 0 aliphatic heterocycles. The number of ether oxygens (including phenoxy) is 1. The number of rotatable bonds is 5. The summed E-state index contributed by atoms with van der Waals surface area (Å²) >= 11 is 3.31. The molecular formula is C13H16BrNO3. The first-order chi connectivity index (χ1) is 8.63.